The molecule has 4 rings (SSSR count). The Morgan fingerprint density at radius 3 is 2.52 bits per heavy atom. The van der Waals surface area contributed by atoms with Gasteiger partial charge in [0.25, 0.3) is 0 Å². The number of anilines is 1. The van der Waals surface area contributed by atoms with Crippen LogP contribution in [0.4, 0.5) is 5.69 Å². The van der Waals surface area contributed by atoms with Crippen LogP contribution < -0.4 is 4.90 Å². The standard InChI is InChI=1S/C25H26BrNO2/c1-15-8-9-16(2)20(10-15)27-21-13-25(3,4)14-22(28)24(21)19(12-23(27)29)17-6-5-7-18(26)11-17/h5-11,19H,12-14H2,1-4H3. The first-order valence-corrected chi connectivity index (χ1v) is 10.9. The van der Waals surface area contributed by atoms with Crippen molar-refractivity contribution in [3.63, 3.8) is 0 Å². The van der Waals surface area contributed by atoms with Gasteiger partial charge in [0.1, 0.15) is 0 Å². The number of rotatable bonds is 2. The van der Waals surface area contributed by atoms with Crippen LogP contribution in [0, 0.1) is 19.3 Å². The zero-order valence-electron chi connectivity index (χ0n) is 17.4. The molecule has 0 fully saturated rings. The minimum atomic E-state index is -0.181. The third kappa shape index (κ3) is 3.71. The van der Waals surface area contributed by atoms with E-state index in [0.29, 0.717) is 12.8 Å². The number of ketones is 1. The maximum atomic E-state index is 13.5. The summed E-state index contributed by atoms with van der Waals surface area (Å²) >= 11 is 3.53. The van der Waals surface area contributed by atoms with E-state index >= 15 is 0 Å². The van der Waals surface area contributed by atoms with Gasteiger partial charge in [-0.2, -0.15) is 0 Å². The number of hydrogen-bond donors (Lipinski definition) is 0. The molecule has 2 aliphatic rings. The van der Waals surface area contributed by atoms with Crippen LogP contribution in [0.2, 0.25) is 0 Å². The molecule has 0 saturated heterocycles. The number of amides is 1. The topological polar surface area (TPSA) is 37.4 Å². The molecule has 0 bridgehead atoms. The van der Waals surface area contributed by atoms with Gasteiger partial charge in [-0.3, -0.25) is 14.5 Å². The summed E-state index contributed by atoms with van der Waals surface area (Å²) in [5.41, 5.74) is 5.63. The Hall–Kier alpha value is -2.20. The Labute approximate surface area is 180 Å². The lowest BCUT2D eigenvalue weighted by molar-refractivity contribution is -0.121. The molecule has 150 valence electrons. The Balaban J connectivity index is 1.94. The third-order valence-corrected chi connectivity index (χ3v) is 6.49. The number of carbonyl (C=O) groups is 2. The zero-order valence-corrected chi connectivity index (χ0v) is 19.0. The van der Waals surface area contributed by atoms with Crippen molar-refractivity contribution in [3.05, 3.63) is 74.9 Å². The smallest absolute Gasteiger partial charge is 0.232 e. The highest BCUT2D eigenvalue weighted by Gasteiger charge is 2.44. The van der Waals surface area contributed by atoms with Crippen molar-refractivity contribution in [2.24, 2.45) is 5.41 Å². The van der Waals surface area contributed by atoms with Gasteiger partial charge in [-0.15, -0.1) is 0 Å². The summed E-state index contributed by atoms with van der Waals surface area (Å²) < 4.78 is 0.963. The Bertz CT molecular complexity index is 1050. The van der Waals surface area contributed by atoms with Gasteiger partial charge < -0.3 is 0 Å². The molecule has 1 aliphatic carbocycles. The Morgan fingerprint density at radius 2 is 1.79 bits per heavy atom. The van der Waals surface area contributed by atoms with Crippen molar-refractivity contribution >= 4 is 33.3 Å². The molecule has 0 spiro atoms. The van der Waals surface area contributed by atoms with E-state index in [9.17, 15) is 9.59 Å². The van der Waals surface area contributed by atoms with E-state index in [1.807, 2.05) is 49.1 Å². The zero-order chi connectivity index (χ0) is 20.9. The maximum Gasteiger partial charge on any atom is 0.232 e. The van der Waals surface area contributed by atoms with E-state index in [1.54, 1.807) is 0 Å². The highest BCUT2D eigenvalue weighted by Crippen LogP contribution is 2.48. The maximum absolute atomic E-state index is 13.5. The molecule has 29 heavy (non-hydrogen) atoms. The van der Waals surface area contributed by atoms with Crippen LogP contribution in [0.3, 0.4) is 0 Å². The largest absolute Gasteiger partial charge is 0.294 e. The Morgan fingerprint density at radius 1 is 1.03 bits per heavy atom. The van der Waals surface area contributed by atoms with Gasteiger partial charge >= 0.3 is 0 Å². The number of nitrogens with zero attached hydrogens (tertiary/aromatic N) is 1. The summed E-state index contributed by atoms with van der Waals surface area (Å²) in [6, 6.07) is 14.2. The molecule has 0 aromatic heterocycles. The van der Waals surface area contributed by atoms with E-state index < -0.39 is 0 Å². The predicted octanol–water partition coefficient (Wildman–Crippen LogP) is 6.23. The average Bonchev–Trinajstić information content (AvgIpc) is 2.62. The number of halogens is 1. The fourth-order valence-corrected chi connectivity index (χ4v) is 5.08. The number of Topliss-reactive ketones (excluding diaryl/α,β-unsaturated/α-hetero) is 1. The molecule has 3 nitrogen and oxygen atoms in total. The van der Waals surface area contributed by atoms with E-state index in [4.69, 9.17) is 0 Å². The number of carbonyl (C=O) groups excluding carboxylic acids is 2. The molecule has 0 radical (unpaired) electrons. The molecule has 4 heteroatoms. The van der Waals surface area contributed by atoms with Gasteiger partial charge in [-0.05, 0) is 60.6 Å². The predicted molar refractivity (Wildman–Crippen MR) is 120 cm³/mol. The molecule has 1 unspecified atom stereocenters. The van der Waals surface area contributed by atoms with Crippen LogP contribution in [-0.4, -0.2) is 11.7 Å². The fraction of sp³-hybridized carbons (Fsp3) is 0.360. The van der Waals surface area contributed by atoms with Gasteiger partial charge in [0.05, 0.1) is 5.69 Å². The second-order valence-electron chi connectivity index (χ2n) is 9.13. The normalized spacial score (nSPS) is 21.4. The molecule has 0 saturated carbocycles. The van der Waals surface area contributed by atoms with Crippen LogP contribution >= 0.6 is 15.9 Å². The summed E-state index contributed by atoms with van der Waals surface area (Å²) in [6.45, 7) is 8.29. The van der Waals surface area contributed by atoms with Crippen LogP contribution in [0.5, 0.6) is 0 Å². The fourth-order valence-electron chi connectivity index (χ4n) is 4.66. The molecule has 2 aromatic rings. The van der Waals surface area contributed by atoms with Crippen molar-refractivity contribution in [2.75, 3.05) is 4.90 Å². The molecule has 0 N–H and O–H groups in total. The van der Waals surface area contributed by atoms with Gasteiger partial charge in [-0.25, -0.2) is 0 Å². The molecule has 1 atom stereocenters. The monoisotopic (exact) mass is 451 g/mol. The van der Waals surface area contributed by atoms with Crippen LogP contribution in [-0.2, 0) is 9.59 Å². The van der Waals surface area contributed by atoms with Gasteiger partial charge in [0.15, 0.2) is 5.78 Å². The number of hydrogen-bond acceptors (Lipinski definition) is 2. The second-order valence-corrected chi connectivity index (χ2v) is 10.0. The van der Waals surface area contributed by atoms with Crippen molar-refractivity contribution in [1.82, 2.24) is 0 Å². The minimum absolute atomic E-state index is 0.0629. The third-order valence-electron chi connectivity index (χ3n) is 6.00. The highest BCUT2D eigenvalue weighted by atomic mass is 79.9. The summed E-state index contributed by atoms with van der Waals surface area (Å²) in [5.74, 6) is 0.0527. The summed E-state index contributed by atoms with van der Waals surface area (Å²) in [6.07, 6.45) is 1.55. The molecule has 1 amide bonds. The van der Waals surface area contributed by atoms with E-state index in [0.717, 1.165) is 44.5 Å². The van der Waals surface area contributed by atoms with E-state index in [-0.39, 0.29) is 23.0 Å². The van der Waals surface area contributed by atoms with Crippen LogP contribution in [0.15, 0.2) is 58.2 Å². The second kappa shape index (κ2) is 7.24. The highest BCUT2D eigenvalue weighted by molar-refractivity contribution is 9.10. The summed E-state index contributed by atoms with van der Waals surface area (Å²) in [5, 5.41) is 0. The minimum Gasteiger partial charge on any atom is -0.294 e. The van der Waals surface area contributed by atoms with Crippen LogP contribution in [0.1, 0.15) is 55.7 Å². The number of benzene rings is 2. The van der Waals surface area contributed by atoms with Crippen molar-refractivity contribution in [1.29, 1.82) is 0 Å². The SMILES string of the molecule is Cc1ccc(C)c(N2C(=O)CC(c3cccc(Br)c3)C3=C2CC(C)(C)CC3=O)c1. The lowest BCUT2D eigenvalue weighted by atomic mass is 9.69. The van der Waals surface area contributed by atoms with E-state index in [1.165, 1.54) is 0 Å². The molecular weight excluding hydrogens is 426 g/mol. The van der Waals surface area contributed by atoms with Crippen LogP contribution in [0.25, 0.3) is 0 Å². The molecule has 1 aliphatic heterocycles. The van der Waals surface area contributed by atoms with Gasteiger partial charge in [-0.1, -0.05) is 54.0 Å². The summed E-state index contributed by atoms with van der Waals surface area (Å²) in [7, 11) is 0. The van der Waals surface area contributed by atoms with Crippen molar-refractivity contribution < 1.29 is 9.59 Å². The average molecular weight is 452 g/mol. The van der Waals surface area contributed by atoms with E-state index in [2.05, 4.69) is 41.9 Å². The lowest BCUT2D eigenvalue weighted by Gasteiger charge is -2.43. The first-order valence-electron chi connectivity index (χ1n) is 10.1. The lowest BCUT2D eigenvalue weighted by Crippen LogP contribution is -2.44. The summed E-state index contributed by atoms with van der Waals surface area (Å²) in [4.78, 5) is 28.6. The first kappa shape index (κ1) is 20.1. The quantitative estimate of drug-likeness (QED) is 0.542. The molecule has 2 aromatic carbocycles. The van der Waals surface area contributed by atoms with Gasteiger partial charge in [0, 0.05) is 34.5 Å². The Kier molecular flexibility index (Phi) is 5.02. The van der Waals surface area contributed by atoms with Crippen molar-refractivity contribution in [3.8, 4) is 0 Å². The van der Waals surface area contributed by atoms with Crippen molar-refractivity contribution in [2.45, 2.75) is 52.9 Å². The van der Waals surface area contributed by atoms with Gasteiger partial charge in [0.2, 0.25) is 5.91 Å². The first-order chi connectivity index (χ1) is 13.7. The molecular formula is C25H26BrNO2. The molecule has 1 heterocycles. The number of allylic oxidation sites excluding steroid dienone is 2. The number of aryl methyl sites for hydroxylation is 2.